The van der Waals surface area contributed by atoms with Gasteiger partial charge in [-0.1, -0.05) is 12.1 Å². The number of rotatable bonds is 4. The van der Waals surface area contributed by atoms with E-state index in [1.54, 1.807) is 23.3 Å². The fraction of sp³-hybridized carbons (Fsp3) is 0.571. The highest BCUT2D eigenvalue weighted by atomic mass is 32.1. The van der Waals surface area contributed by atoms with Gasteiger partial charge in [0.15, 0.2) is 0 Å². The summed E-state index contributed by atoms with van der Waals surface area (Å²) in [5.74, 6) is 0.372. The maximum absolute atomic E-state index is 12.8. The lowest BCUT2D eigenvalue weighted by atomic mass is 9.71. The Kier molecular flexibility index (Phi) is 5.38. The number of para-hydroxylation sites is 1. The number of piperidine rings is 2. The quantitative estimate of drug-likeness (QED) is 0.790. The zero-order chi connectivity index (χ0) is 19.7. The first-order valence-electron chi connectivity index (χ1n) is 9.91. The topological polar surface area (TPSA) is 62.7 Å². The van der Waals surface area contributed by atoms with Crippen LogP contribution in [0.15, 0.2) is 24.3 Å². The van der Waals surface area contributed by atoms with Crippen LogP contribution >= 0.6 is 11.3 Å². The molecule has 0 N–H and O–H groups in total. The Morgan fingerprint density at radius 2 is 2.07 bits per heavy atom. The molecule has 6 nitrogen and oxygen atoms in total. The fourth-order valence-corrected chi connectivity index (χ4v) is 5.51. The number of amides is 2. The molecule has 0 radical (unpaired) electrons. The first kappa shape index (κ1) is 19.3. The van der Waals surface area contributed by atoms with Crippen LogP contribution in [0.5, 0.6) is 0 Å². The number of aromatic nitrogens is 1. The van der Waals surface area contributed by atoms with E-state index in [-0.39, 0.29) is 23.3 Å². The van der Waals surface area contributed by atoms with E-state index >= 15 is 0 Å². The molecule has 0 saturated carbocycles. The molecule has 1 aromatic carbocycles. The van der Waals surface area contributed by atoms with Gasteiger partial charge in [-0.25, -0.2) is 4.98 Å². The number of carbonyl (C=O) groups is 2. The van der Waals surface area contributed by atoms with Gasteiger partial charge in [0, 0.05) is 46.6 Å². The van der Waals surface area contributed by atoms with Gasteiger partial charge in [-0.05, 0) is 31.4 Å². The molecule has 1 spiro atoms. The minimum Gasteiger partial charge on any atom is -0.380 e. The number of thiazole rings is 1. The highest BCUT2D eigenvalue weighted by Gasteiger charge is 2.48. The SMILES string of the molecule is COC1CN(C)C(=O)C2(CCN(C(=O)CCc3nc4ccccc4s3)CC2)C1. The number of fused-ring (bicyclic) bond motifs is 1. The van der Waals surface area contributed by atoms with Gasteiger partial charge in [-0.15, -0.1) is 11.3 Å². The standard InChI is InChI=1S/C21H27N3O3S/c1-23-14-15(27-2)13-21(20(23)26)9-11-24(12-10-21)19(25)8-7-18-22-16-5-3-4-6-17(16)28-18/h3-6,15H,7-14H2,1-2H3. The Morgan fingerprint density at radius 1 is 1.32 bits per heavy atom. The van der Waals surface area contributed by atoms with Crippen LogP contribution in [-0.4, -0.2) is 66.5 Å². The number of likely N-dealkylation sites (N-methyl/N-ethyl adjacent to an activating group) is 1. The Bertz CT molecular complexity index is 840. The van der Waals surface area contributed by atoms with Crippen molar-refractivity contribution in [3.05, 3.63) is 29.3 Å². The molecule has 0 aliphatic carbocycles. The molecule has 1 unspecified atom stereocenters. The summed E-state index contributed by atoms with van der Waals surface area (Å²) < 4.78 is 6.71. The molecule has 28 heavy (non-hydrogen) atoms. The van der Waals surface area contributed by atoms with Gasteiger partial charge in [0.25, 0.3) is 0 Å². The van der Waals surface area contributed by atoms with Crippen molar-refractivity contribution in [1.29, 1.82) is 0 Å². The number of carbonyl (C=O) groups excluding carboxylic acids is 2. The summed E-state index contributed by atoms with van der Waals surface area (Å²) in [5.41, 5.74) is 0.639. The van der Waals surface area contributed by atoms with Gasteiger partial charge in [-0.2, -0.15) is 0 Å². The summed E-state index contributed by atoms with van der Waals surface area (Å²) in [7, 11) is 3.56. The monoisotopic (exact) mass is 401 g/mol. The molecule has 4 rings (SSSR count). The van der Waals surface area contributed by atoms with Crippen LogP contribution in [0.25, 0.3) is 10.2 Å². The van der Waals surface area contributed by atoms with Gasteiger partial charge >= 0.3 is 0 Å². The molecule has 2 fully saturated rings. The number of nitrogens with zero attached hydrogens (tertiary/aromatic N) is 3. The van der Waals surface area contributed by atoms with E-state index in [0.717, 1.165) is 34.5 Å². The van der Waals surface area contributed by atoms with Crippen LogP contribution < -0.4 is 0 Å². The van der Waals surface area contributed by atoms with Crippen molar-refractivity contribution in [1.82, 2.24) is 14.8 Å². The molecule has 2 saturated heterocycles. The van der Waals surface area contributed by atoms with E-state index in [1.165, 1.54) is 0 Å². The third-order valence-corrected chi connectivity index (χ3v) is 7.29. The number of aryl methyl sites for hydroxylation is 1. The molecule has 150 valence electrons. The number of hydrogen-bond donors (Lipinski definition) is 0. The zero-order valence-corrected chi connectivity index (χ0v) is 17.3. The molecule has 2 amide bonds. The van der Waals surface area contributed by atoms with Crippen molar-refractivity contribution in [3.8, 4) is 0 Å². The predicted octanol–water partition coefficient (Wildman–Crippen LogP) is 2.71. The van der Waals surface area contributed by atoms with Crippen LogP contribution in [0, 0.1) is 5.41 Å². The molecule has 2 aliphatic rings. The van der Waals surface area contributed by atoms with E-state index in [2.05, 4.69) is 11.1 Å². The van der Waals surface area contributed by atoms with Crippen molar-refractivity contribution in [2.24, 2.45) is 5.41 Å². The van der Waals surface area contributed by atoms with Crippen molar-refractivity contribution in [2.45, 2.75) is 38.2 Å². The largest absolute Gasteiger partial charge is 0.380 e. The maximum Gasteiger partial charge on any atom is 0.228 e. The number of likely N-dealkylation sites (tertiary alicyclic amines) is 2. The normalized spacial score (nSPS) is 22.2. The lowest BCUT2D eigenvalue weighted by Crippen LogP contribution is -2.57. The first-order chi connectivity index (χ1) is 13.5. The van der Waals surface area contributed by atoms with Gasteiger partial charge in [0.2, 0.25) is 11.8 Å². The lowest BCUT2D eigenvalue weighted by molar-refractivity contribution is -0.158. The molecule has 1 aromatic heterocycles. The average Bonchev–Trinajstić information content (AvgIpc) is 3.13. The summed E-state index contributed by atoms with van der Waals surface area (Å²) in [6, 6.07) is 8.07. The Hall–Kier alpha value is -1.99. The van der Waals surface area contributed by atoms with E-state index in [0.29, 0.717) is 32.5 Å². The van der Waals surface area contributed by atoms with Crippen molar-refractivity contribution in [2.75, 3.05) is 33.8 Å². The van der Waals surface area contributed by atoms with E-state index in [1.807, 2.05) is 30.1 Å². The number of benzene rings is 1. The van der Waals surface area contributed by atoms with Crippen LogP contribution in [-0.2, 0) is 20.7 Å². The Balaban J connectivity index is 1.34. The van der Waals surface area contributed by atoms with Crippen LogP contribution in [0.1, 0.15) is 30.7 Å². The lowest BCUT2D eigenvalue weighted by Gasteiger charge is -2.47. The molecule has 2 aromatic rings. The second kappa shape index (κ2) is 7.79. The van der Waals surface area contributed by atoms with Gasteiger partial charge in [0.05, 0.1) is 26.7 Å². The van der Waals surface area contributed by atoms with Gasteiger partial charge < -0.3 is 14.5 Å². The van der Waals surface area contributed by atoms with Crippen molar-refractivity contribution < 1.29 is 14.3 Å². The smallest absolute Gasteiger partial charge is 0.228 e. The second-order valence-corrected chi connectivity index (χ2v) is 9.10. The molecule has 1 atom stereocenters. The van der Waals surface area contributed by atoms with Gasteiger partial charge in [-0.3, -0.25) is 9.59 Å². The minimum absolute atomic E-state index is 0.0870. The van der Waals surface area contributed by atoms with Crippen LogP contribution in [0.4, 0.5) is 0 Å². The highest BCUT2D eigenvalue weighted by Crippen LogP contribution is 2.41. The van der Waals surface area contributed by atoms with Crippen molar-refractivity contribution >= 4 is 33.4 Å². The second-order valence-electron chi connectivity index (χ2n) is 7.98. The van der Waals surface area contributed by atoms with Gasteiger partial charge in [0.1, 0.15) is 0 Å². The summed E-state index contributed by atoms with van der Waals surface area (Å²) in [6.45, 7) is 1.95. The fourth-order valence-electron chi connectivity index (χ4n) is 4.54. The molecule has 2 aliphatic heterocycles. The maximum atomic E-state index is 12.8. The molecular formula is C21H27N3O3S. The molecule has 0 bridgehead atoms. The summed E-state index contributed by atoms with van der Waals surface area (Å²) in [6.07, 6.45) is 3.45. The summed E-state index contributed by atoms with van der Waals surface area (Å²) >= 11 is 1.66. The number of ether oxygens (including phenoxy) is 1. The molecular weight excluding hydrogens is 374 g/mol. The Labute approximate surface area is 169 Å². The highest BCUT2D eigenvalue weighted by molar-refractivity contribution is 7.18. The predicted molar refractivity (Wildman–Crippen MR) is 109 cm³/mol. The summed E-state index contributed by atoms with van der Waals surface area (Å²) in [4.78, 5) is 33.8. The third kappa shape index (κ3) is 3.65. The first-order valence-corrected chi connectivity index (χ1v) is 10.7. The zero-order valence-electron chi connectivity index (χ0n) is 16.5. The Morgan fingerprint density at radius 3 is 2.79 bits per heavy atom. The minimum atomic E-state index is -0.364. The van der Waals surface area contributed by atoms with Crippen molar-refractivity contribution in [3.63, 3.8) is 0 Å². The summed E-state index contributed by atoms with van der Waals surface area (Å²) in [5, 5.41) is 1.01. The van der Waals surface area contributed by atoms with E-state index in [4.69, 9.17) is 4.74 Å². The van der Waals surface area contributed by atoms with E-state index in [9.17, 15) is 9.59 Å². The third-order valence-electron chi connectivity index (χ3n) is 6.19. The number of hydrogen-bond acceptors (Lipinski definition) is 5. The van der Waals surface area contributed by atoms with Crippen LogP contribution in [0.2, 0.25) is 0 Å². The van der Waals surface area contributed by atoms with E-state index < -0.39 is 0 Å². The number of methoxy groups -OCH3 is 1. The molecule has 7 heteroatoms. The molecule has 3 heterocycles. The average molecular weight is 402 g/mol. The van der Waals surface area contributed by atoms with Crippen LogP contribution in [0.3, 0.4) is 0 Å².